The monoisotopic (exact) mass is 525 g/mol. The molecule has 8 nitrogen and oxygen atoms in total. The first-order valence-electron chi connectivity index (χ1n) is 13.5. The van der Waals surface area contributed by atoms with Crippen molar-refractivity contribution < 1.29 is 14.6 Å². The molecule has 0 amide bonds. The number of benzene rings is 2. The minimum atomic E-state index is -1.04. The van der Waals surface area contributed by atoms with Gasteiger partial charge in [-0.05, 0) is 68.9 Å². The first-order chi connectivity index (χ1) is 18.8. The van der Waals surface area contributed by atoms with Crippen molar-refractivity contribution in [1.82, 2.24) is 24.5 Å². The second kappa shape index (κ2) is 9.77. The summed E-state index contributed by atoms with van der Waals surface area (Å²) in [5.74, 6) is 1.06. The highest BCUT2D eigenvalue weighted by atomic mass is 16.5. The van der Waals surface area contributed by atoms with Crippen LogP contribution in [0.25, 0.3) is 33.2 Å². The van der Waals surface area contributed by atoms with E-state index in [9.17, 15) is 5.11 Å². The van der Waals surface area contributed by atoms with E-state index < -0.39 is 5.60 Å². The molecule has 1 aliphatic heterocycles. The van der Waals surface area contributed by atoms with Crippen molar-refractivity contribution in [2.24, 2.45) is 13.0 Å². The molecule has 1 N–H and O–H groups in total. The molecule has 5 aromatic rings. The highest BCUT2D eigenvalue weighted by molar-refractivity contribution is 6.10. The first-order valence-corrected chi connectivity index (χ1v) is 13.5. The zero-order chi connectivity index (χ0) is 27.3. The number of fused-ring (bicyclic) bond motifs is 3. The van der Waals surface area contributed by atoms with Gasteiger partial charge in [-0.25, -0.2) is 4.68 Å². The van der Waals surface area contributed by atoms with E-state index in [1.165, 1.54) is 5.56 Å². The lowest BCUT2D eigenvalue weighted by molar-refractivity contribution is 0.0552. The molecule has 2 aromatic carbocycles. The number of hydrogen-bond donors (Lipinski definition) is 1. The number of hydrogen-bond acceptors (Lipinski definition) is 6. The number of nitrogens with zero attached hydrogens (tertiary/aromatic N) is 5. The molecular formula is C31H35N5O3. The first kappa shape index (κ1) is 25.5. The summed E-state index contributed by atoms with van der Waals surface area (Å²) in [5.41, 5.74) is 6.60. The topological polar surface area (TPSA) is 87.2 Å². The molecule has 0 unspecified atom stereocenters. The molecule has 1 fully saturated rings. The Bertz CT molecular complexity index is 1620. The zero-order valence-electron chi connectivity index (χ0n) is 23.2. The third kappa shape index (κ3) is 4.37. The smallest absolute Gasteiger partial charge is 0.130 e. The lowest BCUT2D eigenvalue weighted by Gasteiger charge is -2.33. The van der Waals surface area contributed by atoms with Crippen molar-refractivity contribution >= 4 is 21.9 Å². The number of aliphatic hydroxyl groups is 1. The standard InChI is InChI=1S/C31H35N5O3/c1-19-29(35(4)34-33-19)22-15-25-28(32-18-22)27-24(16-23(31(2,3)37)17-26(27)38-5)36(25)30(20-9-7-6-8-10-20)21-11-13-39-14-12-21/h6-10,15-18,21,30,37H,11-14H2,1-5H3/t30-/m1/s1. The van der Waals surface area contributed by atoms with Crippen LogP contribution in [0.2, 0.25) is 0 Å². The number of methoxy groups -OCH3 is 1. The van der Waals surface area contributed by atoms with Crippen LogP contribution in [0, 0.1) is 12.8 Å². The maximum atomic E-state index is 11.1. The molecule has 0 bridgehead atoms. The van der Waals surface area contributed by atoms with Gasteiger partial charge in [0.1, 0.15) is 5.75 Å². The molecule has 4 heterocycles. The van der Waals surface area contributed by atoms with E-state index in [0.717, 1.165) is 70.5 Å². The molecule has 0 spiro atoms. The van der Waals surface area contributed by atoms with Crippen molar-refractivity contribution in [2.75, 3.05) is 20.3 Å². The zero-order valence-corrected chi connectivity index (χ0v) is 23.2. The maximum absolute atomic E-state index is 11.1. The molecule has 1 saturated heterocycles. The second-order valence-corrected chi connectivity index (χ2v) is 11.0. The summed E-state index contributed by atoms with van der Waals surface area (Å²) >= 11 is 0. The lowest BCUT2D eigenvalue weighted by atomic mass is 9.86. The van der Waals surface area contributed by atoms with Crippen molar-refractivity contribution in [3.05, 3.63) is 71.5 Å². The van der Waals surface area contributed by atoms with Crippen LogP contribution < -0.4 is 4.74 Å². The van der Waals surface area contributed by atoms with Crippen LogP contribution >= 0.6 is 0 Å². The fourth-order valence-corrected chi connectivity index (χ4v) is 6.10. The number of aromatic nitrogens is 5. The van der Waals surface area contributed by atoms with Gasteiger partial charge in [0, 0.05) is 32.0 Å². The Kier molecular flexibility index (Phi) is 6.40. The molecule has 3 aromatic heterocycles. The maximum Gasteiger partial charge on any atom is 0.130 e. The number of pyridine rings is 1. The van der Waals surface area contributed by atoms with Gasteiger partial charge in [-0.3, -0.25) is 4.98 Å². The Morgan fingerprint density at radius 3 is 2.46 bits per heavy atom. The quantitative estimate of drug-likeness (QED) is 0.313. The number of aryl methyl sites for hydroxylation is 2. The third-order valence-electron chi connectivity index (χ3n) is 8.03. The summed E-state index contributed by atoms with van der Waals surface area (Å²) in [4.78, 5) is 5.03. The van der Waals surface area contributed by atoms with Gasteiger partial charge < -0.3 is 19.1 Å². The average Bonchev–Trinajstić information content (AvgIpc) is 3.45. The van der Waals surface area contributed by atoms with Crippen LogP contribution in [0.4, 0.5) is 0 Å². The fraction of sp³-hybridized carbons (Fsp3) is 0.387. The molecular weight excluding hydrogens is 490 g/mol. The SMILES string of the molecule is COc1cc(C(C)(C)O)cc2c1c1ncc(-c3c(C)nnn3C)cc1n2[C@H](c1ccccc1)C1CCOCC1. The Balaban J connectivity index is 1.74. The largest absolute Gasteiger partial charge is 0.496 e. The summed E-state index contributed by atoms with van der Waals surface area (Å²) < 4.78 is 15.9. The summed E-state index contributed by atoms with van der Waals surface area (Å²) in [6, 6.07) is 17.0. The van der Waals surface area contributed by atoms with E-state index in [-0.39, 0.29) is 6.04 Å². The summed E-state index contributed by atoms with van der Waals surface area (Å²) in [6.07, 6.45) is 3.81. The number of rotatable bonds is 6. The van der Waals surface area contributed by atoms with E-state index in [1.807, 2.05) is 40.1 Å². The fourth-order valence-electron chi connectivity index (χ4n) is 6.10. The highest BCUT2D eigenvalue weighted by Gasteiger charge is 2.32. The number of ether oxygens (including phenoxy) is 2. The van der Waals surface area contributed by atoms with Gasteiger partial charge in [-0.1, -0.05) is 35.5 Å². The molecule has 1 atom stereocenters. The Hall–Kier alpha value is -3.75. The predicted octanol–water partition coefficient (Wildman–Crippen LogP) is 5.55. The van der Waals surface area contributed by atoms with Crippen molar-refractivity contribution in [3.63, 3.8) is 0 Å². The molecule has 1 aliphatic rings. The van der Waals surface area contributed by atoms with E-state index in [0.29, 0.717) is 11.7 Å². The van der Waals surface area contributed by atoms with Gasteiger partial charge in [-0.15, -0.1) is 5.10 Å². The van der Waals surface area contributed by atoms with Crippen LogP contribution in [0.3, 0.4) is 0 Å². The van der Waals surface area contributed by atoms with E-state index in [4.69, 9.17) is 14.5 Å². The van der Waals surface area contributed by atoms with Crippen LogP contribution in [-0.4, -0.2) is 50.0 Å². The van der Waals surface area contributed by atoms with Crippen molar-refractivity contribution in [3.8, 4) is 17.0 Å². The average molecular weight is 526 g/mol. The van der Waals surface area contributed by atoms with E-state index in [1.54, 1.807) is 11.8 Å². The van der Waals surface area contributed by atoms with Crippen molar-refractivity contribution in [1.29, 1.82) is 0 Å². The Morgan fingerprint density at radius 1 is 1.08 bits per heavy atom. The highest BCUT2D eigenvalue weighted by Crippen LogP contribution is 2.45. The summed E-state index contributed by atoms with van der Waals surface area (Å²) in [5, 5.41) is 20.5. The molecule has 202 valence electrons. The molecule has 6 rings (SSSR count). The van der Waals surface area contributed by atoms with Crippen LogP contribution in [0.1, 0.15) is 49.6 Å². The normalized spacial score (nSPS) is 15.7. The predicted molar refractivity (Wildman–Crippen MR) is 152 cm³/mol. The molecule has 0 aliphatic carbocycles. The van der Waals surface area contributed by atoms with Crippen LogP contribution in [0.15, 0.2) is 54.7 Å². The lowest BCUT2D eigenvalue weighted by Crippen LogP contribution is -2.27. The minimum absolute atomic E-state index is 0.0414. The molecule has 0 saturated carbocycles. The van der Waals surface area contributed by atoms with Crippen LogP contribution in [-0.2, 0) is 17.4 Å². The van der Waals surface area contributed by atoms with Crippen LogP contribution in [0.5, 0.6) is 5.75 Å². The third-order valence-corrected chi connectivity index (χ3v) is 8.03. The molecule has 0 radical (unpaired) electrons. The Labute approximate surface area is 228 Å². The second-order valence-electron chi connectivity index (χ2n) is 11.0. The van der Waals surface area contributed by atoms with E-state index in [2.05, 4.69) is 57.3 Å². The van der Waals surface area contributed by atoms with Gasteiger partial charge in [0.25, 0.3) is 0 Å². The van der Waals surface area contributed by atoms with Gasteiger partial charge >= 0.3 is 0 Å². The van der Waals surface area contributed by atoms with Crippen molar-refractivity contribution in [2.45, 2.75) is 45.3 Å². The van der Waals surface area contributed by atoms with Gasteiger partial charge in [-0.2, -0.15) is 0 Å². The summed E-state index contributed by atoms with van der Waals surface area (Å²) in [6.45, 7) is 7.07. The summed E-state index contributed by atoms with van der Waals surface area (Å²) in [7, 11) is 3.58. The Morgan fingerprint density at radius 2 is 1.82 bits per heavy atom. The molecule has 8 heteroatoms. The van der Waals surface area contributed by atoms with Gasteiger partial charge in [0.2, 0.25) is 0 Å². The van der Waals surface area contributed by atoms with Gasteiger partial charge in [0.05, 0.1) is 52.1 Å². The van der Waals surface area contributed by atoms with Gasteiger partial charge in [0.15, 0.2) is 0 Å². The molecule has 39 heavy (non-hydrogen) atoms. The van der Waals surface area contributed by atoms with E-state index >= 15 is 0 Å². The minimum Gasteiger partial charge on any atom is -0.496 e.